The van der Waals surface area contributed by atoms with E-state index in [-0.39, 0.29) is 0 Å². The number of ether oxygens (including phenoxy) is 2. The molecule has 0 aromatic rings. The largest absolute Gasteiger partial charge is 0.508 e. The van der Waals surface area contributed by atoms with Crippen LogP contribution in [0, 0.1) is 6.10 Å². The van der Waals surface area contributed by atoms with Crippen molar-refractivity contribution >= 4 is 6.16 Å². The van der Waals surface area contributed by atoms with Gasteiger partial charge >= 0.3 is 6.16 Å². The first-order valence-corrected chi connectivity index (χ1v) is 2.22. The summed E-state index contributed by atoms with van der Waals surface area (Å²) in [6.07, 6.45) is -0.0816. The molecule has 0 N–H and O–H groups in total. The molecule has 0 amide bonds. The van der Waals surface area contributed by atoms with Crippen LogP contribution in [0.1, 0.15) is 13.8 Å². The minimum absolute atomic E-state index is 0.580. The predicted octanol–water partition coefficient (Wildman–Crippen LogP) is 1.34. The van der Waals surface area contributed by atoms with E-state index in [2.05, 4.69) is 9.47 Å². The van der Waals surface area contributed by atoms with E-state index in [0.29, 0.717) is 6.10 Å². The highest BCUT2D eigenvalue weighted by Gasteiger charge is 2.02. The molecule has 0 spiro atoms. The average Bonchev–Trinajstić information content (AvgIpc) is 1.65. The van der Waals surface area contributed by atoms with Gasteiger partial charge in [-0.2, -0.15) is 0 Å². The zero-order chi connectivity index (χ0) is 6.57. The molecule has 0 unspecified atom stereocenters. The van der Waals surface area contributed by atoms with Crippen LogP contribution in [0.4, 0.5) is 4.79 Å². The Hall–Kier alpha value is -0.730. The Bertz CT molecular complexity index is 77.7. The summed E-state index contributed by atoms with van der Waals surface area (Å²) in [6, 6.07) is 0. The van der Waals surface area contributed by atoms with Crippen LogP contribution in [0.15, 0.2) is 0 Å². The average molecular weight is 117 g/mol. The van der Waals surface area contributed by atoms with E-state index < -0.39 is 6.16 Å². The molecule has 0 rings (SSSR count). The van der Waals surface area contributed by atoms with Gasteiger partial charge in [-0.1, -0.05) is 0 Å². The van der Waals surface area contributed by atoms with Crippen LogP contribution in [0.3, 0.4) is 0 Å². The molecule has 47 valence electrons. The Labute approximate surface area is 48.6 Å². The molecule has 0 aliphatic carbocycles. The molecule has 0 heterocycles. The van der Waals surface area contributed by atoms with Crippen molar-refractivity contribution in [2.75, 3.05) is 7.11 Å². The zero-order valence-corrected chi connectivity index (χ0v) is 5.22. The molecule has 8 heavy (non-hydrogen) atoms. The number of carbonyl (C=O) groups is 1. The molecule has 3 heteroatoms. The molecule has 0 atom stereocenters. The maximum Gasteiger partial charge on any atom is 0.508 e. The minimum Gasteiger partial charge on any atom is -0.438 e. The third-order valence-electron chi connectivity index (χ3n) is 0.454. The summed E-state index contributed by atoms with van der Waals surface area (Å²) in [6.45, 7) is 3.36. The van der Waals surface area contributed by atoms with Crippen LogP contribution < -0.4 is 0 Å². The normalized spacial score (nSPS) is 9.00. The Morgan fingerprint density at radius 2 is 1.88 bits per heavy atom. The molecule has 1 radical (unpaired) electrons. The van der Waals surface area contributed by atoms with Crippen molar-refractivity contribution in [2.45, 2.75) is 13.8 Å². The van der Waals surface area contributed by atoms with Crippen LogP contribution >= 0.6 is 0 Å². The third-order valence-corrected chi connectivity index (χ3v) is 0.454. The fourth-order valence-electron chi connectivity index (χ4n) is 0.208. The summed E-state index contributed by atoms with van der Waals surface area (Å²) in [7, 11) is 1.27. The van der Waals surface area contributed by atoms with Gasteiger partial charge in [-0.05, 0) is 13.8 Å². The summed E-state index contributed by atoms with van der Waals surface area (Å²) in [5, 5.41) is 0. The Kier molecular flexibility index (Phi) is 2.99. The van der Waals surface area contributed by atoms with E-state index >= 15 is 0 Å². The summed E-state index contributed by atoms with van der Waals surface area (Å²) >= 11 is 0. The summed E-state index contributed by atoms with van der Waals surface area (Å²) in [5.74, 6) is 0. The fourth-order valence-corrected chi connectivity index (χ4v) is 0.208. The quantitative estimate of drug-likeness (QED) is 0.486. The van der Waals surface area contributed by atoms with E-state index in [4.69, 9.17) is 0 Å². The van der Waals surface area contributed by atoms with E-state index in [0.717, 1.165) is 0 Å². The van der Waals surface area contributed by atoms with Crippen molar-refractivity contribution in [2.24, 2.45) is 0 Å². The van der Waals surface area contributed by atoms with Gasteiger partial charge in [-0.25, -0.2) is 4.79 Å². The lowest BCUT2D eigenvalue weighted by Gasteiger charge is -2.02. The second kappa shape index (κ2) is 3.29. The number of hydrogen-bond donors (Lipinski definition) is 0. The van der Waals surface area contributed by atoms with E-state index in [9.17, 15) is 4.79 Å². The van der Waals surface area contributed by atoms with Crippen molar-refractivity contribution in [3.8, 4) is 0 Å². The predicted molar refractivity (Wildman–Crippen MR) is 28.1 cm³/mol. The highest BCUT2D eigenvalue weighted by molar-refractivity contribution is 5.60. The molecule has 0 aliphatic heterocycles. The second-order valence-corrected chi connectivity index (χ2v) is 1.46. The topological polar surface area (TPSA) is 35.5 Å². The first-order chi connectivity index (χ1) is 3.66. The summed E-state index contributed by atoms with van der Waals surface area (Å²) < 4.78 is 8.63. The lowest BCUT2D eigenvalue weighted by molar-refractivity contribution is 0.0808. The number of methoxy groups -OCH3 is 1. The molecule has 0 fully saturated rings. The van der Waals surface area contributed by atoms with E-state index in [1.54, 1.807) is 13.8 Å². The van der Waals surface area contributed by atoms with Crippen molar-refractivity contribution in [3.63, 3.8) is 0 Å². The number of hydrogen-bond acceptors (Lipinski definition) is 3. The molecular weight excluding hydrogens is 108 g/mol. The molecule has 0 saturated carbocycles. The van der Waals surface area contributed by atoms with Gasteiger partial charge in [0.25, 0.3) is 0 Å². The van der Waals surface area contributed by atoms with Crippen LogP contribution in [0.25, 0.3) is 0 Å². The maximum atomic E-state index is 10.2. The molecule has 0 aliphatic rings. The fraction of sp³-hybridized carbons (Fsp3) is 0.600. The van der Waals surface area contributed by atoms with Gasteiger partial charge in [-0.15, -0.1) is 0 Å². The lowest BCUT2D eigenvalue weighted by atomic mass is 10.5. The van der Waals surface area contributed by atoms with Crippen molar-refractivity contribution in [3.05, 3.63) is 6.10 Å². The first kappa shape index (κ1) is 7.27. The Balaban J connectivity index is 3.25. The third kappa shape index (κ3) is 3.46. The highest BCUT2D eigenvalue weighted by Crippen LogP contribution is 1.97. The molecule has 0 bridgehead atoms. The zero-order valence-electron chi connectivity index (χ0n) is 5.22. The van der Waals surface area contributed by atoms with Crippen LogP contribution in [-0.2, 0) is 9.47 Å². The van der Waals surface area contributed by atoms with E-state index in [1.165, 1.54) is 7.11 Å². The number of rotatable bonds is 1. The van der Waals surface area contributed by atoms with Gasteiger partial charge in [0.2, 0.25) is 0 Å². The van der Waals surface area contributed by atoms with Gasteiger partial charge < -0.3 is 9.47 Å². The molecule has 0 aromatic heterocycles. The van der Waals surface area contributed by atoms with Gasteiger partial charge in [-0.3, -0.25) is 0 Å². The first-order valence-electron chi connectivity index (χ1n) is 2.22. The van der Waals surface area contributed by atoms with Gasteiger partial charge in [0, 0.05) is 0 Å². The second-order valence-electron chi connectivity index (χ2n) is 1.46. The van der Waals surface area contributed by atoms with Crippen LogP contribution in [-0.4, -0.2) is 13.3 Å². The van der Waals surface area contributed by atoms with Crippen molar-refractivity contribution in [1.82, 2.24) is 0 Å². The molecule has 0 aromatic carbocycles. The highest BCUT2D eigenvalue weighted by atomic mass is 16.7. The maximum absolute atomic E-state index is 10.2. The molecular formula is C5H9O3. The van der Waals surface area contributed by atoms with Gasteiger partial charge in [0.15, 0.2) is 0 Å². The number of carbonyl (C=O) groups excluding carboxylic acids is 1. The van der Waals surface area contributed by atoms with Crippen molar-refractivity contribution < 1.29 is 14.3 Å². The minimum atomic E-state index is -0.662. The molecule has 0 saturated heterocycles. The Morgan fingerprint density at radius 3 is 2.00 bits per heavy atom. The smallest absolute Gasteiger partial charge is 0.438 e. The monoisotopic (exact) mass is 117 g/mol. The van der Waals surface area contributed by atoms with Crippen LogP contribution in [0.5, 0.6) is 0 Å². The summed E-state index contributed by atoms with van der Waals surface area (Å²) in [5.41, 5.74) is 0. The standard InChI is InChI=1S/C5H9O3/c1-4(2)8-5(6)7-3/h1-3H3. The van der Waals surface area contributed by atoms with Crippen LogP contribution in [0.2, 0.25) is 0 Å². The van der Waals surface area contributed by atoms with E-state index in [1.807, 2.05) is 0 Å². The van der Waals surface area contributed by atoms with Gasteiger partial charge in [0.05, 0.1) is 7.11 Å². The Morgan fingerprint density at radius 1 is 1.38 bits per heavy atom. The molecule has 3 nitrogen and oxygen atoms in total. The van der Waals surface area contributed by atoms with Crippen molar-refractivity contribution in [1.29, 1.82) is 0 Å². The SMILES string of the molecule is COC(=O)O[C](C)C. The van der Waals surface area contributed by atoms with Gasteiger partial charge in [0.1, 0.15) is 6.10 Å². The summed E-state index contributed by atoms with van der Waals surface area (Å²) in [4.78, 5) is 10.2. The lowest BCUT2D eigenvalue weighted by Crippen LogP contribution is -2.04.